The molecule has 6 heteroatoms. The van der Waals surface area contributed by atoms with E-state index in [9.17, 15) is 4.79 Å². The molecule has 2 aromatic carbocycles. The summed E-state index contributed by atoms with van der Waals surface area (Å²) >= 11 is 6.14. The lowest BCUT2D eigenvalue weighted by molar-refractivity contribution is 0.102. The van der Waals surface area contributed by atoms with Crippen LogP contribution in [0.3, 0.4) is 0 Å². The molecule has 1 heterocycles. The number of rotatable bonds is 4. The topological polar surface area (TPSA) is 70.7 Å². The minimum atomic E-state index is -0.310. The van der Waals surface area contributed by atoms with E-state index in [-0.39, 0.29) is 5.91 Å². The highest BCUT2D eigenvalue weighted by atomic mass is 35.5. The van der Waals surface area contributed by atoms with Gasteiger partial charge in [-0.05, 0) is 29.8 Å². The average molecular weight is 337 g/mol. The van der Waals surface area contributed by atoms with Crippen LogP contribution >= 0.6 is 11.6 Å². The molecule has 0 bridgehead atoms. The third kappa shape index (κ3) is 3.62. The number of halogens is 1. The molecule has 1 N–H and O–H groups in total. The van der Waals surface area contributed by atoms with E-state index in [1.54, 1.807) is 35.1 Å². The highest BCUT2D eigenvalue weighted by Gasteiger charge is 2.09. The first-order chi connectivity index (χ1) is 11.7. The minimum absolute atomic E-state index is 0.310. The molecule has 118 valence electrons. The SMILES string of the molecule is N#Cc1cccc(C(=O)Nc2ccn(Cc3ccccc3Cl)n2)c1. The second kappa shape index (κ2) is 6.99. The molecule has 0 spiro atoms. The highest BCUT2D eigenvalue weighted by Crippen LogP contribution is 2.16. The van der Waals surface area contributed by atoms with E-state index in [4.69, 9.17) is 16.9 Å². The molecule has 3 rings (SSSR count). The second-order valence-electron chi connectivity index (χ2n) is 5.14. The number of nitrogens with one attached hydrogen (secondary N) is 1. The van der Waals surface area contributed by atoms with E-state index in [0.717, 1.165) is 5.56 Å². The zero-order valence-corrected chi connectivity index (χ0v) is 13.4. The van der Waals surface area contributed by atoms with Crippen molar-refractivity contribution in [2.24, 2.45) is 0 Å². The number of hydrogen-bond donors (Lipinski definition) is 1. The average Bonchev–Trinajstić information content (AvgIpc) is 3.04. The lowest BCUT2D eigenvalue weighted by Gasteiger charge is -2.05. The van der Waals surface area contributed by atoms with Crippen molar-refractivity contribution in [3.8, 4) is 6.07 Å². The van der Waals surface area contributed by atoms with Crippen LogP contribution in [0.1, 0.15) is 21.5 Å². The predicted molar refractivity (Wildman–Crippen MR) is 91.9 cm³/mol. The minimum Gasteiger partial charge on any atom is -0.305 e. The normalized spacial score (nSPS) is 10.2. The van der Waals surface area contributed by atoms with Crippen LogP contribution in [-0.4, -0.2) is 15.7 Å². The smallest absolute Gasteiger partial charge is 0.256 e. The zero-order chi connectivity index (χ0) is 16.9. The van der Waals surface area contributed by atoms with Crippen LogP contribution in [-0.2, 0) is 6.54 Å². The molecule has 0 atom stereocenters. The molecule has 3 aromatic rings. The van der Waals surface area contributed by atoms with Crippen molar-refractivity contribution in [3.63, 3.8) is 0 Å². The molecule has 0 aliphatic carbocycles. The van der Waals surface area contributed by atoms with Gasteiger partial charge in [0.1, 0.15) is 0 Å². The molecule has 0 aliphatic rings. The summed E-state index contributed by atoms with van der Waals surface area (Å²) in [7, 11) is 0. The molecule has 0 radical (unpaired) electrons. The van der Waals surface area contributed by atoms with Crippen LogP contribution < -0.4 is 5.32 Å². The van der Waals surface area contributed by atoms with Crippen LogP contribution in [0.15, 0.2) is 60.8 Å². The molecule has 0 aliphatic heterocycles. The van der Waals surface area contributed by atoms with Crippen LogP contribution in [0.2, 0.25) is 5.02 Å². The summed E-state index contributed by atoms with van der Waals surface area (Å²) in [4.78, 5) is 12.2. The van der Waals surface area contributed by atoms with E-state index in [1.807, 2.05) is 30.3 Å². The van der Waals surface area contributed by atoms with Gasteiger partial charge in [-0.25, -0.2) is 0 Å². The van der Waals surface area contributed by atoms with Crippen LogP contribution in [0.25, 0.3) is 0 Å². The number of nitriles is 1. The van der Waals surface area contributed by atoms with Crippen LogP contribution in [0.4, 0.5) is 5.82 Å². The van der Waals surface area contributed by atoms with E-state index >= 15 is 0 Å². The Bertz CT molecular complexity index is 927. The molecule has 1 amide bonds. The molecule has 1 aromatic heterocycles. The first-order valence-electron chi connectivity index (χ1n) is 7.24. The van der Waals surface area contributed by atoms with Gasteiger partial charge in [-0.1, -0.05) is 35.9 Å². The van der Waals surface area contributed by atoms with Crippen LogP contribution in [0, 0.1) is 11.3 Å². The van der Waals surface area contributed by atoms with Crippen molar-refractivity contribution in [2.75, 3.05) is 5.32 Å². The Labute approximate surface area is 144 Å². The van der Waals surface area contributed by atoms with Crippen molar-refractivity contribution in [2.45, 2.75) is 6.54 Å². The number of amides is 1. The quantitative estimate of drug-likeness (QED) is 0.789. The summed E-state index contributed by atoms with van der Waals surface area (Å²) < 4.78 is 1.70. The van der Waals surface area contributed by atoms with Gasteiger partial charge in [0.05, 0.1) is 18.2 Å². The first-order valence-corrected chi connectivity index (χ1v) is 7.62. The monoisotopic (exact) mass is 336 g/mol. The van der Waals surface area contributed by atoms with Crippen molar-refractivity contribution in [1.29, 1.82) is 5.26 Å². The number of benzene rings is 2. The predicted octanol–water partition coefficient (Wildman–Crippen LogP) is 3.71. The Morgan fingerprint density at radius 2 is 2.04 bits per heavy atom. The third-order valence-corrected chi connectivity index (χ3v) is 3.80. The van der Waals surface area contributed by atoms with Gasteiger partial charge in [0, 0.05) is 22.8 Å². The Balaban J connectivity index is 1.71. The summed E-state index contributed by atoms with van der Waals surface area (Å²) in [5.41, 5.74) is 1.79. The van der Waals surface area contributed by atoms with Gasteiger partial charge >= 0.3 is 0 Å². The first kappa shape index (κ1) is 15.8. The van der Waals surface area contributed by atoms with Crippen molar-refractivity contribution >= 4 is 23.3 Å². The van der Waals surface area contributed by atoms with Crippen molar-refractivity contribution in [1.82, 2.24) is 9.78 Å². The Morgan fingerprint density at radius 1 is 1.21 bits per heavy atom. The summed E-state index contributed by atoms with van der Waals surface area (Å²) in [6.45, 7) is 0.513. The van der Waals surface area contributed by atoms with Gasteiger partial charge in [-0.2, -0.15) is 10.4 Å². The van der Waals surface area contributed by atoms with E-state index in [1.165, 1.54) is 6.07 Å². The number of hydrogen-bond acceptors (Lipinski definition) is 3. The molecule has 0 fully saturated rings. The Kier molecular flexibility index (Phi) is 4.59. The zero-order valence-electron chi connectivity index (χ0n) is 12.6. The summed E-state index contributed by atoms with van der Waals surface area (Å²) in [6, 6.07) is 17.8. The Morgan fingerprint density at radius 3 is 2.83 bits per heavy atom. The fourth-order valence-electron chi connectivity index (χ4n) is 2.24. The molecule has 0 saturated carbocycles. The van der Waals surface area contributed by atoms with E-state index < -0.39 is 0 Å². The van der Waals surface area contributed by atoms with Gasteiger partial charge in [0.25, 0.3) is 5.91 Å². The summed E-state index contributed by atoms with van der Waals surface area (Å²) in [5.74, 6) is 0.129. The van der Waals surface area contributed by atoms with Gasteiger partial charge < -0.3 is 5.32 Å². The largest absolute Gasteiger partial charge is 0.305 e. The fraction of sp³-hybridized carbons (Fsp3) is 0.0556. The Hall–Kier alpha value is -3.10. The van der Waals surface area contributed by atoms with Crippen LogP contribution in [0.5, 0.6) is 0 Å². The van der Waals surface area contributed by atoms with Crippen molar-refractivity contribution < 1.29 is 4.79 Å². The standard InChI is InChI=1S/C18H13ClN4O/c19-16-7-2-1-5-15(16)12-23-9-8-17(22-23)21-18(24)14-6-3-4-13(10-14)11-20/h1-10H,12H2,(H,21,22,24). The van der Waals surface area contributed by atoms with Crippen molar-refractivity contribution in [3.05, 3.63) is 82.5 Å². The lowest BCUT2D eigenvalue weighted by Crippen LogP contribution is -2.13. The number of nitrogens with zero attached hydrogens (tertiary/aromatic N) is 3. The molecule has 24 heavy (non-hydrogen) atoms. The van der Waals surface area contributed by atoms with Gasteiger partial charge in [-0.15, -0.1) is 0 Å². The number of aromatic nitrogens is 2. The van der Waals surface area contributed by atoms with E-state index in [2.05, 4.69) is 10.4 Å². The maximum atomic E-state index is 12.2. The maximum Gasteiger partial charge on any atom is 0.256 e. The molecule has 5 nitrogen and oxygen atoms in total. The third-order valence-electron chi connectivity index (χ3n) is 3.43. The number of carbonyl (C=O) groups is 1. The number of anilines is 1. The maximum absolute atomic E-state index is 12.2. The van der Waals surface area contributed by atoms with Gasteiger partial charge in [-0.3, -0.25) is 9.48 Å². The molecule has 0 unspecified atom stereocenters. The molecular weight excluding hydrogens is 324 g/mol. The van der Waals surface area contributed by atoms with E-state index in [0.29, 0.717) is 28.5 Å². The summed E-state index contributed by atoms with van der Waals surface area (Å²) in [6.07, 6.45) is 1.77. The van der Waals surface area contributed by atoms with Gasteiger partial charge in [0.2, 0.25) is 0 Å². The lowest BCUT2D eigenvalue weighted by atomic mass is 10.1. The molecular formula is C18H13ClN4O. The number of carbonyl (C=O) groups excluding carboxylic acids is 1. The molecule has 0 saturated heterocycles. The second-order valence-corrected chi connectivity index (χ2v) is 5.54. The van der Waals surface area contributed by atoms with Gasteiger partial charge in [0.15, 0.2) is 5.82 Å². The fourth-order valence-corrected chi connectivity index (χ4v) is 2.43. The highest BCUT2D eigenvalue weighted by molar-refractivity contribution is 6.31. The summed E-state index contributed by atoms with van der Waals surface area (Å²) in [5, 5.41) is 16.6.